The standard InChI is InChI=1S/C18H29I3N2O6S2/c1-4-13(26)29-16-17(2)6-5-11(8-22-23-21-27)14(15(17)30-31-16)12(9-24)7-18(10-25,20-19)28-3/h5,9,12,14-16,22-23,25,27H,4,6-8,10H2,1-3H3/q-2/t12-,14?,15?,16-,17+,18+/m0/s1. The summed E-state index contributed by atoms with van der Waals surface area (Å²) in [4.78, 5) is 24.4. The number of aliphatic hydroxyl groups is 1. The van der Waals surface area contributed by atoms with Gasteiger partial charge in [0.2, 0.25) is 0 Å². The Morgan fingerprint density at radius 1 is 1.55 bits per heavy atom. The van der Waals surface area contributed by atoms with Crippen molar-refractivity contribution in [2.24, 2.45) is 17.3 Å². The van der Waals surface area contributed by atoms with Crippen molar-refractivity contribution in [3.05, 3.63) is 11.6 Å². The zero-order valence-electron chi connectivity index (χ0n) is 17.5. The first kappa shape index (κ1) is 28.8. The molecule has 13 heteroatoms. The summed E-state index contributed by atoms with van der Waals surface area (Å²) in [6.45, 7) is 4.30. The fourth-order valence-electron chi connectivity index (χ4n) is 3.95. The number of aliphatic hydroxyl groups excluding tert-OH is 1. The van der Waals surface area contributed by atoms with Crippen molar-refractivity contribution in [2.75, 3.05) is 20.3 Å². The molecule has 0 spiro atoms. The van der Waals surface area contributed by atoms with Gasteiger partial charge < -0.3 is 0 Å². The number of fused-ring (bicyclic) bond motifs is 1. The molecule has 0 amide bonds. The predicted molar refractivity (Wildman–Crippen MR) is 122 cm³/mol. The number of alkyl halides is 1. The van der Waals surface area contributed by atoms with Gasteiger partial charge in [-0.3, -0.25) is 0 Å². The molecule has 4 N–H and O–H groups in total. The number of hydrogen-bond acceptors (Lipinski definition) is 10. The summed E-state index contributed by atoms with van der Waals surface area (Å²) in [6.07, 6.45) is 4.65. The van der Waals surface area contributed by atoms with Gasteiger partial charge in [-0.05, 0) is 0 Å². The van der Waals surface area contributed by atoms with Gasteiger partial charge in [0.15, 0.2) is 0 Å². The Kier molecular flexibility index (Phi) is 12.6. The van der Waals surface area contributed by atoms with Gasteiger partial charge in [0.1, 0.15) is 0 Å². The number of hydrazine groups is 1. The van der Waals surface area contributed by atoms with Crippen LogP contribution >= 0.6 is 40.2 Å². The van der Waals surface area contributed by atoms with Gasteiger partial charge in [-0.2, -0.15) is 0 Å². The van der Waals surface area contributed by atoms with Crippen LogP contribution in [-0.4, -0.2) is 55.4 Å². The van der Waals surface area contributed by atoms with E-state index in [1.165, 1.54) is 0 Å². The van der Waals surface area contributed by atoms with Crippen LogP contribution in [0.5, 0.6) is 0 Å². The maximum absolute atomic E-state index is 12.4. The number of rotatable bonds is 13. The Balaban J connectivity index is 2.38. The summed E-state index contributed by atoms with van der Waals surface area (Å²) in [6, 6.07) is 0. The minimum absolute atomic E-state index is 0.0636. The molecule has 0 bridgehead atoms. The average molecular weight is 814 g/mol. The Bertz CT molecular complexity index is 650. The molecule has 8 nitrogen and oxygen atoms in total. The van der Waals surface area contributed by atoms with E-state index in [9.17, 15) is 14.7 Å². The molecule has 31 heavy (non-hydrogen) atoms. The summed E-state index contributed by atoms with van der Waals surface area (Å²) in [5.41, 5.74) is 3.56. The minimum atomic E-state index is -1.10. The van der Waals surface area contributed by atoms with E-state index < -0.39 is 42.7 Å². The Labute approximate surface area is 222 Å². The van der Waals surface area contributed by atoms with Crippen LogP contribution in [0.1, 0.15) is 33.1 Å². The van der Waals surface area contributed by atoms with Crippen molar-refractivity contribution in [1.29, 1.82) is 0 Å². The van der Waals surface area contributed by atoms with E-state index in [0.29, 0.717) is 19.4 Å². The monoisotopic (exact) mass is 814 g/mol. The number of esters is 1. The molecule has 0 aromatic rings. The molecule has 1 fully saturated rings. The van der Waals surface area contributed by atoms with E-state index in [1.54, 1.807) is 35.6 Å². The molecule has 2 aliphatic rings. The van der Waals surface area contributed by atoms with Gasteiger partial charge in [-0.25, -0.2) is 0 Å². The first-order valence-electron chi connectivity index (χ1n) is 9.69. The van der Waals surface area contributed by atoms with Crippen LogP contribution in [-0.2, 0) is 19.1 Å². The van der Waals surface area contributed by atoms with E-state index in [1.807, 2.05) is 0 Å². The van der Waals surface area contributed by atoms with Crippen molar-refractivity contribution < 1.29 is 66.7 Å². The van der Waals surface area contributed by atoms with E-state index in [-0.39, 0.29) is 40.5 Å². The predicted octanol–water partition coefficient (Wildman–Crippen LogP) is -4.03. The molecule has 0 aromatic carbocycles. The molecule has 1 aliphatic carbocycles. The molecule has 2 unspecified atom stereocenters. The average Bonchev–Trinajstić information content (AvgIpc) is 3.11. The molecule has 1 aliphatic heterocycles. The molecule has 2 rings (SSSR count). The number of methoxy groups -OCH3 is 1. The second-order valence-corrected chi connectivity index (χ2v) is 16.3. The molecule has 182 valence electrons. The number of carbonyl (C=O) groups is 2. The van der Waals surface area contributed by atoms with Crippen LogP contribution in [0.4, 0.5) is 0 Å². The van der Waals surface area contributed by atoms with Gasteiger partial charge in [0, 0.05) is 0 Å². The number of hydrogen-bond donors (Lipinski definition) is 4. The van der Waals surface area contributed by atoms with Crippen molar-refractivity contribution >= 4 is 52.5 Å². The molecular formula is C18H29I3N2O6S2-2. The van der Waals surface area contributed by atoms with Crippen LogP contribution in [0.25, 0.3) is 0 Å². The second kappa shape index (κ2) is 13.6. The number of halogens is 3. The number of carbonyl (C=O) groups excluding carboxylic acids is 2. The topological polar surface area (TPSA) is 117 Å². The van der Waals surface area contributed by atoms with Gasteiger partial charge >= 0.3 is 225 Å². The van der Waals surface area contributed by atoms with Crippen LogP contribution in [0.15, 0.2) is 11.6 Å². The SMILES string of the molecule is CCC(=O)O[C@H]1SSC2C([C@H](C=O)C[C@](CO)(OC)[I-]I)C(CNN[I-]O)=CC[C@]21C. The Morgan fingerprint density at radius 2 is 2.29 bits per heavy atom. The van der Waals surface area contributed by atoms with Crippen molar-refractivity contribution in [1.82, 2.24) is 9.06 Å². The van der Waals surface area contributed by atoms with Crippen LogP contribution in [0, 0.1) is 17.3 Å². The third-order valence-corrected chi connectivity index (χ3v) is 16.8. The third kappa shape index (κ3) is 6.83. The van der Waals surface area contributed by atoms with Gasteiger partial charge in [-0.15, -0.1) is 0 Å². The summed E-state index contributed by atoms with van der Waals surface area (Å²) in [7, 11) is 4.84. The quantitative estimate of drug-likeness (QED) is 0.0169. The second-order valence-electron chi connectivity index (χ2n) is 7.66. The zero-order valence-corrected chi connectivity index (χ0v) is 25.6. The number of ether oxygens (including phenoxy) is 2. The summed E-state index contributed by atoms with van der Waals surface area (Å²) < 4.78 is 22.7. The Hall–Kier alpha value is 1.57. The molecular weight excluding hydrogens is 785 g/mol. The van der Waals surface area contributed by atoms with Gasteiger partial charge in [-0.1, -0.05) is 0 Å². The fraction of sp³-hybridized carbons (Fsp3) is 0.778. The van der Waals surface area contributed by atoms with E-state index in [0.717, 1.165) is 18.3 Å². The van der Waals surface area contributed by atoms with Crippen LogP contribution in [0.3, 0.4) is 0 Å². The number of allylic oxidation sites excluding steroid dienone is 1. The zero-order chi connectivity index (χ0) is 23.1. The van der Waals surface area contributed by atoms with Gasteiger partial charge in [0.25, 0.3) is 0 Å². The summed E-state index contributed by atoms with van der Waals surface area (Å²) in [5.74, 6) is -0.667. The Morgan fingerprint density at radius 3 is 2.84 bits per heavy atom. The first-order chi connectivity index (χ1) is 14.8. The molecule has 0 saturated carbocycles. The van der Waals surface area contributed by atoms with Crippen molar-refractivity contribution in [3.63, 3.8) is 0 Å². The fourth-order valence-corrected chi connectivity index (χ4v) is 12.7. The van der Waals surface area contributed by atoms with Crippen LogP contribution in [0.2, 0.25) is 0 Å². The molecule has 1 heterocycles. The molecule has 6 atom stereocenters. The van der Waals surface area contributed by atoms with Crippen molar-refractivity contribution in [2.45, 2.75) is 47.4 Å². The number of aldehydes is 1. The van der Waals surface area contributed by atoms with E-state index >= 15 is 0 Å². The molecule has 0 radical (unpaired) electrons. The number of nitrogens with one attached hydrogen (secondary N) is 2. The summed E-state index contributed by atoms with van der Waals surface area (Å²) >= 11 is 0.682. The van der Waals surface area contributed by atoms with E-state index in [4.69, 9.17) is 12.9 Å². The molecule has 0 aromatic heterocycles. The van der Waals surface area contributed by atoms with Crippen LogP contribution < -0.4 is 48.2 Å². The summed E-state index contributed by atoms with van der Waals surface area (Å²) in [5, 5.41) is 10.1. The third-order valence-electron chi connectivity index (χ3n) is 5.83. The van der Waals surface area contributed by atoms with E-state index in [2.05, 4.69) is 40.7 Å². The van der Waals surface area contributed by atoms with Crippen molar-refractivity contribution in [3.8, 4) is 0 Å². The molecule has 1 saturated heterocycles. The first-order valence-corrected chi connectivity index (χ1v) is 21.4. The normalized spacial score (nSPS) is 31.0. The maximum atomic E-state index is 12.4. The van der Waals surface area contributed by atoms with Gasteiger partial charge in [0.05, 0.1) is 0 Å².